The summed E-state index contributed by atoms with van der Waals surface area (Å²) in [5.74, 6) is 0.696. The molecule has 1 saturated carbocycles. The topological polar surface area (TPSA) is 65.3 Å². The Hall–Kier alpha value is -1.28. The van der Waals surface area contributed by atoms with Crippen LogP contribution in [0.5, 0.6) is 0 Å². The van der Waals surface area contributed by atoms with E-state index in [1.54, 1.807) is 18.2 Å². The zero-order valence-electron chi connectivity index (χ0n) is 10.6. The second-order valence-electron chi connectivity index (χ2n) is 4.82. The van der Waals surface area contributed by atoms with Crippen LogP contribution >= 0.6 is 11.6 Å². The standard InChI is InChI=1S/C14H17ClN2O2/c15-12-3-4-14(11(5-12)6-16)17-7-13(18)9-19-8-10-1-2-10/h3-5,10,13,17-18H,1-2,7-9H2. The Bertz CT molecular complexity index is 469. The Labute approximate surface area is 117 Å². The number of rotatable bonds is 7. The van der Waals surface area contributed by atoms with Crippen molar-refractivity contribution in [2.24, 2.45) is 5.92 Å². The highest BCUT2D eigenvalue weighted by atomic mass is 35.5. The van der Waals surface area contributed by atoms with Crippen molar-refractivity contribution in [3.63, 3.8) is 0 Å². The van der Waals surface area contributed by atoms with Crippen molar-refractivity contribution in [3.8, 4) is 6.07 Å². The minimum absolute atomic E-state index is 0.318. The molecule has 0 amide bonds. The van der Waals surface area contributed by atoms with Crippen LogP contribution in [0.15, 0.2) is 18.2 Å². The molecule has 5 heteroatoms. The first kappa shape index (κ1) is 14.1. The second-order valence-corrected chi connectivity index (χ2v) is 5.25. The van der Waals surface area contributed by atoms with Crippen LogP contribution in [0.4, 0.5) is 5.69 Å². The van der Waals surface area contributed by atoms with Crippen LogP contribution in [0.3, 0.4) is 0 Å². The van der Waals surface area contributed by atoms with Crippen LogP contribution in [-0.4, -0.2) is 31.0 Å². The summed E-state index contributed by atoms with van der Waals surface area (Å²) in [6.07, 6.45) is 1.90. The fourth-order valence-corrected chi connectivity index (χ4v) is 1.88. The van der Waals surface area contributed by atoms with Gasteiger partial charge in [0, 0.05) is 18.2 Å². The van der Waals surface area contributed by atoms with E-state index in [1.807, 2.05) is 0 Å². The highest BCUT2D eigenvalue weighted by Crippen LogP contribution is 2.28. The molecule has 19 heavy (non-hydrogen) atoms. The zero-order chi connectivity index (χ0) is 13.7. The van der Waals surface area contributed by atoms with Gasteiger partial charge < -0.3 is 15.2 Å². The van der Waals surface area contributed by atoms with E-state index in [4.69, 9.17) is 21.6 Å². The predicted octanol–water partition coefficient (Wildman–Crippen LogP) is 2.41. The van der Waals surface area contributed by atoms with Crippen LogP contribution in [0.25, 0.3) is 0 Å². The van der Waals surface area contributed by atoms with Gasteiger partial charge in [-0.15, -0.1) is 0 Å². The Balaban J connectivity index is 1.75. The van der Waals surface area contributed by atoms with E-state index in [9.17, 15) is 5.11 Å². The van der Waals surface area contributed by atoms with E-state index in [-0.39, 0.29) is 0 Å². The van der Waals surface area contributed by atoms with E-state index < -0.39 is 6.10 Å². The normalized spacial score (nSPS) is 15.8. The Kier molecular flexibility index (Phi) is 5.03. The zero-order valence-corrected chi connectivity index (χ0v) is 11.4. The quantitative estimate of drug-likeness (QED) is 0.805. The molecule has 1 atom stereocenters. The molecule has 102 valence electrons. The van der Waals surface area contributed by atoms with E-state index in [2.05, 4.69) is 11.4 Å². The Morgan fingerprint density at radius 2 is 2.32 bits per heavy atom. The fraction of sp³-hybridized carbons (Fsp3) is 0.500. The first-order valence-electron chi connectivity index (χ1n) is 6.38. The van der Waals surface area contributed by atoms with Crippen LogP contribution in [0.2, 0.25) is 5.02 Å². The lowest BCUT2D eigenvalue weighted by Gasteiger charge is -2.14. The largest absolute Gasteiger partial charge is 0.389 e. The van der Waals surface area contributed by atoms with Gasteiger partial charge in [-0.05, 0) is 37.0 Å². The molecule has 1 unspecified atom stereocenters. The first-order valence-corrected chi connectivity index (χ1v) is 6.76. The number of halogens is 1. The van der Waals surface area contributed by atoms with Gasteiger partial charge in [-0.1, -0.05) is 11.6 Å². The van der Waals surface area contributed by atoms with E-state index >= 15 is 0 Å². The van der Waals surface area contributed by atoms with Crippen molar-refractivity contribution < 1.29 is 9.84 Å². The van der Waals surface area contributed by atoms with E-state index in [0.717, 1.165) is 6.61 Å². The molecule has 0 saturated heterocycles. The van der Waals surface area contributed by atoms with Crippen LogP contribution in [0.1, 0.15) is 18.4 Å². The van der Waals surface area contributed by atoms with Gasteiger partial charge in [0.05, 0.1) is 24.0 Å². The lowest BCUT2D eigenvalue weighted by atomic mass is 10.2. The molecule has 2 N–H and O–H groups in total. The number of aliphatic hydroxyl groups excluding tert-OH is 1. The number of hydrogen-bond donors (Lipinski definition) is 2. The van der Waals surface area contributed by atoms with Gasteiger partial charge in [-0.25, -0.2) is 0 Å². The van der Waals surface area contributed by atoms with Crippen molar-refractivity contribution in [2.75, 3.05) is 25.1 Å². The molecule has 4 nitrogen and oxygen atoms in total. The first-order chi connectivity index (χ1) is 9.19. The summed E-state index contributed by atoms with van der Waals surface area (Å²) < 4.78 is 5.41. The maximum atomic E-state index is 9.77. The molecule has 0 aliphatic heterocycles. The third-order valence-corrected chi connectivity index (χ3v) is 3.23. The number of anilines is 1. The average Bonchev–Trinajstić information content (AvgIpc) is 3.21. The van der Waals surface area contributed by atoms with Crippen molar-refractivity contribution >= 4 is 17.3 Å². The lowest BCUT2D eigenvalue weighted by molar-refractivity contribution is 0.0386. The van der Waals surface area contributed by atoms with Gasteiger partial charge in [-0.2, -0.15) is 5.26 Å². The summed E-state index contributed by atoms with van der Waals surface area (Å²) in [6, 6.07) is 7.11. The molecule has 0 heterocycles. The summed E-state index contributed by atoms with van der Waals surface area (Å²) in [5, 5.41) is 22.3. The summed E-state index contributed by atoms with van der Waals surface area (Å²) in [5.41, 5.74) is 1.15. The molecular weight excluding hydrogens is 264 g/mol. The third kappa shape index (κ3) is 4.71. The van der Waals surface area contributed by atoms with Crippen molar-refractivity contribution in [2.45, 2.75) is 18.9 Å². The number of hydrogen-bond acceptors (Lipinski definition) is 4. The summed E-state index contributed by atoms with van der Waals surface area (Å²) in [7, 11) is 0. The van der Waals surface area contributed by atoms with E-state index in [0.29, 0.717) is 35.3 Å². The lowest BCUT2D eigenvalue weighted by Crippen LogP contribution is -2.25. The van der Waals surface area contributed by atoms with Gasteiger partial charge >= 0.3 is 0 Å². The van der Waals surface area contributed by atoms with Gasteiger partial charge in [-0.3, -0.25) is 0 Å². The summed E-state index contributed by atoms with van der Waals surface area (Å²) in [6.45, 7) is 1.40. The molecular formula is C14H17ClN2O2. The molecule has 1 aliphatic rings. The van der Waals surface area contributed by atoms with Crippen LogP contribution in [-0.2, 0) is 4.74 Å². The van der Waals surface area contributed by atoms with Gasteiger partial charge in [0.2, 0.25) is 0 Å². The molecule has 1 aliphatic carbocycles. The highest BCUT2D eigenvalue weighted by Gasteiger charge is 2.21. The molecule has 2 rings (SSSR count). The van der Waals surface area contributed by atoms with Gasteiger partial charge in [0.15, 0.2) is 0 Å². The smallest absolute Gasteiger partial charge is 0.101 e. The number of ether oxygens (including phenoxy) is 1. The Morgan fingerprint density at radius 1 is 1.53 bits per heavy atom. The minimum atomic E-state index is -0.582. The number of nitrogens with one attached hydrogen (secondary N) is 1. The second kappa shape index (κ2) is 6.76. The SMILES string of the molecule is N#Cc1cc(Cl)ccc1NCC(O)COCC1CC1. The summed E-state index contributed by atoms with van der Waals surface area (Å²) in [4.78, 5) is 0. The molecule has 1 aromatic carbocycles. The van der Waals surface area contributed by atoms with Gasteiger partial charge in [0.25, 0.3) is 0 Å². The molecule has 0 aromatic heterocycles. The van der Waals surface area contributed by atoms with Crippen molar-refractivity contribution in [3.05, 3.63) is 28.8 Å². The maximum absolute atomic E-state index is 9.77. The monoisotopic (exact) mass is 280 g/mol. The summed E-state index contributed by atoms with van der Waals surface area (Å²) >= 11 is 5.81. The van der Waals surface area contributed by atoms with Crippen LogP contribution < -0.4 is 5.32 Å². The van der Waals surface area contributed by atoms with Crippen molar-refractivity contribution in [1.29, 1.82) is 5.26 Å². The number of benzene rings is 1. The van der Waals surface area contributed by atoms with Gasteiger partial charge in [0.1, 0.15) is 6.07 Å². The Morgan fingerprint density at radius 3 is 3.00 bits per heavy atom. The molecule has 1 fully saturated rings. The molecule has 0 bridgehead atoms. The molecule has 1 aromatic rings. The average molecular weight is 281 g/mol. The maximum Gasteiger partial charge on any atom is 0.101 e. The number of nitrogens with zero attached hydrogens (tertiary/aromatic N) is 1. The van der Waals surface area contributed by atoms with Crippen LogP contribution in [0, 0.1) is 17.2 Å². The number of nitriles is 1. The fourth-order valence-electron chi connectivity index (χ4n) is 1.71. The minimum Gasteiger partial charge on any atom is -0.389 e. The molecule has 0 spiro atoms. The van der Waals surface area contributed by atoms with Crippen molar-refractivity contribution in [1.82, 2.24) is 0 Å². The highest BCUT2D eigenvalue weighted by molar-refractivity contribution is 6.30. The van der Waals surface area contributed by atoms with E-state index in [1.165, 1.54) is 12.8 Å². The molecule has 0 radical (unpaired) electrons. The predicted molar refractivity (Wildman–Crippen MR) is 74.2 cm³/mol. The third-order valence-electron chi connectivity index (χ3n) is 2.99. The number of aliphatic hydroxyl groups is 1.